The Labute approximate surface area is 214 Å². The number of nitrogens with zero attached hydrogens (tertiary/aromatic N) is 8. The summed E-state index contributed by atoms with van der Waals surface area (Å²) in [7, 11) is 2.86. The van der Waals surface area contributed by atoms with Crippen molar-refractivity contribution in [1.82, 2.24) is 39.5 Å². The molecule has 0 atom stereocenters. The van der Waals surface area contributed by atoms with Gasteiger partial charge in [0.25, 0.3) is 0 Å². The molecule has 0 amide bonds. The average molecular weight is 522 g/mol. The number of fused-ring (bicyclic) bond motifs is 1. The van der Waals surface area contributed by atoms with Gasteiger partial charge >= 0.3 is 6.18 Å². The maximum absolute atomic E-state index is 13.1. The summed E-state index contributed by atoms with van der Waals surface area (Å²) in [5.74, 6) is 0.785. The Balaban J connectivity index is 1.32. The van der Waals surface area contributed by atoms with Gasteiger partial charge in [0.05, 0.1) is 55.0 Å². The Morgan fingerprint density at radius 1 is 0.974 bits per heavy atom. The van der Waals surface area contributed by atoms with E-state index in [9.17, 15) is 13.2 Å². The van der Waals surface area contributed by atoms with Crippen LogP contribution in [0.15, 0.2) is 49.2 Å². The predicted molar refractivity (Wildman–Crippen MR) is 129 cm³/mol. The lowest BCUT2D eigenvalue weighted by molar-refractivity contribution is -0.141. The van der Waals surface area contributed by atoms with E-state index in [1.54, 1.807) is 42.3 Å². The number of ether oxygens (including phenoxy) is 2. The Hall–Kier alpha value is -4.55. The largest absolute Gasteiger partial charge is 0.481 e. The molecule has 13 heteroatoms. The topological polar surface area (TPSA) is 106 Å². The van der Waals surface area contributed by atoms with Gasteiger partial charge in [-0.25, -0.2) is 29.3 Å². The van der Waals surface area contributed by atoms with Crippen molar-refractivity contribution in [2.75, 3.05) is 14.2 Å². The highest BCUT2D eigenvalue weighted by Gasteiger charge is 2.35. The summed E-state index contributed by atoms with van der Waals surface area (Å²) in [6, 6.07) is 7.79. The van der Waals surface area contributed by atoms with E-state index in [0.29, 0.717) is 35.4 Å². The highest BCUT2D eigenvalue weighted by molar-refractivity contribution is 5.92. The third kappa shape index (κ3) is 4.19. The lowest BCUT2D eigenvalue weighted by Gasteiger charge is -2.12. The van der Waals surface area contributed by atoms with Crippen LogP contribution in [-0.2, 0) is 12.7 Å². The molecule has 6 rings (SSSR count). The lowest BCUT2D eigenvalue weighted by atomic mass is 10.1. The standard InChI is InChI=1S/C25H21F3N8O2/c1-37-19-9-18(25(26,27)28)34-36(19)16-7-3-14(4-8-16)11-35-23-17(10-33-35)22(30-12-31-23)20-21(15-5-6-15)29-13-32-24(20)38-2/h3-4,7-10,12-13,15H,5-6,11H2,1-2H3. The number of methoxy groups -OCH3 is 2. The van der Waals surface area contributed by atoms with Crippen LogP contribution in [0.4, 0.5) is 13.2 Å². The molecule has 38 heavy (non-hydrogen) atoms. The molecule has 4 heterocycles. The molecule has 0 radical (unpaired) electrons. The van der Waals surface area contributed by atoms with Gasteiger partial charge in [0.15, 0.2) is 11.3 Å². The Morgan fingerprint density at radius 3 is 2.42 bits per heavy atom. The van der Waals surface area contributed by atoms with Crippen LogP contribution in [-0.4, -0.2) is 53.7 Å². The van der Waals surface area contributed by atoms with Crippen molar-refractivity contribution in [3.63, 3.8) is 0 Å². The third-order valence-electron chi connectivity index (χ3n) is 6.36. The monoisotopic (exact) mass is 522 g/mol. The van der Waals surface area contributed by atoms with Gasteiger partial charge in [0, 0.05) is 12.0 Å². The number of alkyl halides is 3. The molecule has 1 fully saturated rings. The number of benzene rings is 1. The third-order valence-corrected chi connectivity index (χ3v) is 6.36. The molecule has 1 aliphatic carbocycles. The molecule has 4 aromatic heterocycles. The first-order valence-corrected chi connectivity index (χ1v) is 11.7. The zero-order valence-electron chi connectivity index (χ0n) is 20.3. The van der Waals surface area contributed by atoms with Gasteiger partial charge in [-0.05, 0) is 30.5 Å². The second-order valence-electron chi connectivity index (χ2n) is 8.83. The van der Waals surface area contributed by atoms with Crippen molar-refractivity contribution in [2.24, 2.45) is 0 Å². The summed E-state index contributed by atoms with van der Waals surface area (Å²) < 4.78 is 52.8. The van der Waals surface area contributed by atoms with Crippen LogP contribution >= 0.6 is 0 Å². The van der Waals surface area contributed by atoms with Crippen molar-refractivity contribution in [3.05, 3.63) is 66.1 Å². The minimum Gasteiger partial charge on any atom is -0.481 e. The first-order valence-electron chi connectivity index (χ1n) is 11.7. The van der Waals surface area contributed by atoms with Crippen LogP contribution in [0.3, 0.4) is 0 Å². The molecule has 0 saturated heterocycles. The van der Waals surface area contributed by atoms with E-state index in [4.69, 9.17) is 9.47 Å². The smallest absolute Gasteiger partial charge is 0.435 e. The Kier molecular flexibility index (Phi) is 5.69. The molecular formula is C25H21F3N8O2. The molecule has 0 unspecified atom stereocenters. The van der Waals surface area contributed by atoms with Gasteiger partial charge in [-0.2, -0.15) is 23.4 Å². The van der Waals surface area contributed by atoms with Crippen LogP contribution in [0.1, 0.15) is 35.7 Å². The van der Waals surface area contributed by atoms with Crippen LogP contribution in [0, 0.1) is 0 Å². The number of halogens is 3. The van der Waals surface area contributed by atoms with Crippen LogP contribution < -0.4 is 9.47 Å². The molecule has 0 spiro atoms. The SMILES string of the molecule is COc1ncnc(C2CC2)c1-c1ncnc2c1cnn2Cc1ccc(-n2nc(C(F)(F)F)cc2OC)cc1. The second kappa shape index (κ2) is 9.08. The van der Waals surface area contributed by atoms with E-state index < -0.39 is 11.9 Å². The van der Waals surface area contributed by atoms with Gasteiger partial charge in [-0.15, -0.1) is 0 Å². The number of hydrogen-bond acceptors (Lipinski definition) is 8. The molecular weight excluding hydrogens is 501 g/mol. The molecule has 0 N–H and O–H groups in total. The first kappa shape index (κ1) is 23.8. The van der Waals surface area contributed by atoms with Gasteiger partial charge < -0.3 is 9.47 Å². The normalized spacial score (nSPS) is 13.7. The highest BCUT2D eigenvalue weighted by atomic mass is 19.4. The highest BCUT2D eigenvalue weighted by Crippen LogP contribution is 2.46. The summed E-state index contributed by atoms with van der Waals surface area (Å²) >= 11 is 0. The van der Waals surface area contributed by atoms with E-state index in [2.05, 4.69) is 30.1 Å². The van der Waals surface area contributed by atoms with Crippen molar-refractivity contribution in [1.29, 1.82) is 0 Å². The predicted octanol–water partition coefficient (Wildman–Crippen LogP) is 4.43. The van der Waals surface area contributed by atoms with Crippen LogP contribution in [0.5, 0.6) is 11.8 Å². The number of rotatable bonds is 7. The summed E-state index contributed by atoms with van der Waals surface area (Å²) in [4.78, 5) is 17.8. The van der Waals surface area contributed by atoms with E-state index in [-0.39, 0.29) is 5.88 Å². The van der Waals surface area contributed by atoms with Crippen molar-refractivity contribution >= 4 is 11.0 Å². The zero-order valence-corrected chi connectivity index (χ0v) is 20.3. The molecule has 10 nitrogen and oxygen atoms in total. The number of hydrogen-bond donors (Lipinski definition) is 0. The van der Waals surface area contributed by atoms with Crippen molar-refractivity contribution in [3.8, 4) is 28.7 Å². The lowest BCUT2D eigenvalue weighted by Crippen LogP contribution is -2.07. The minimum atomic E-state index is -4.57. The molecule has 194 valence electrons. The Bertz CT molecular complexity index is 1620. The summed E-state index contributed by atoms with van der Waals surface area (Å²) in [6.07, 6.45) is 2.22. The average Bonchev–Trinajstić information content (AvgIpc) is 3.54. The molecule has 0 bridgehead atoms. The fourth-order valence-corrected chi connectivity index (χ4v) is 4.38. The van der Waals surface area contributed by atoms with Gasteiger partial charge in [-0.1, -0.05) is 12.1 Å². The molecule has 0 aliphatic heterocycles. The Morgan fingerprint density at radius 2 is 1.74 bits per heavy atom. The van der Waals surface area contributed by atoms with Gasteiger partial charge in [0.2, 0.25) is 11.8 Å². The van der Waals surface area contributed by atoms with E-state index >= 15 is 0 Å². The first-order chi connectivity index (χ1) is 18.4. The number of aromatic nitrogens is 8. The minimum absolute atomic E-state index is 0.0155. The van der Waals surface area contributed by atoms with Gasteiger partial charge in [0.1, 0.15) is 12.7 Å². The zero-order chi connectivity index (χ0) is 26.4. The van der Waals surface area contributed by atoms with E-state index in [0.717, 1.165) is 45.8 Å². The summed E-state index contributed by atoms with van der Waals surface area (Å²) in [6.45, 7) is 0.377. The molecule has 5 aromatic rings. The fraction of sp³-hybridized carbons (Fsp3) is 0.280. The summed E-state index contributed by atoms with van der Waals surface area (Å²) in [5, 5.41) is 8.92. The van der Waals surface area contributed by atoms with Crippen LogP contribution in [0.2, 0.25) is 0 Å². The fourth-order valence-electron chi connectivity index (χ4n) is 4.38. The van der Waals surface area contributed by atoms with Gasteiger partial charge in [-0.3, -0.25) is 0 Å². The summed E-state index contributed by atoms with van der Waals surface area (Å²) in [5.41, 5.74) is 3.20. The second-order valence-corrected chi connectivity index (χ2v) is 8.83. The quantitative estimate of drug-likeness (QED) is 0.309. The maximum Gasteiger partial charge on any atom is 0.435 e. The molecule has 1 saturated carbocycles. The van der Waals surface area contributed by atoms with Crippen molar-refractivity contribution in [2.45, 2.75) is 31.5 Å². The van der Waals surface area contributed by atoms with Crippen molar-refractivity contribution < 1.29 is 22.6 Å². The molecule has 1 aromatic carbocycles. The maximum atomic E-state index is 13.1. The molecule has 1 aliphatic rings. The van der Waals surface area contributed by atoms with E-state index in [1.165, 1.54) is 19.8 Å². The van der Waals surface area contributed by atoms with Crippen LogP contribution in [0.25, 0.3) is 28.0 Å². The van der Waals surface area contributed by atoms with E-state index in [1.807, 2.05) is 0 Å².